The number of carbonyl (C=O) groups excluding carboxylic acids is 3. The Bertz CT molecular complexity index is 771. The van der Waals surface area contributed by atoms with E-state index < -0.39 is 72.6 Å². The summed E-state index contributed by atoms with van der Waals surface area (Å²) in [5.41, 5.74) is 5.64. The van der Waals surface area contributed by atoms with Crippen molar-refractivity contribution in [1.29, 1.82) is 0 Å². The highest BCUT2D eigenvalue weighted by atomic mass is 16.4. The minimum absolute atomic E-state index is 0.0614. The number of likely N-dealkylation sites (tertiary alicyclic amines) is 1. The molecule has 4 atom stereocenters. The quantitative estimate of drug-likeness (QED) is 0.187. The van der Waals surface area contributed by atoms with Gasteiger partial charge in [-0.2, -0.15) is 0 Å². The highest BCUT2D eigenvalue weighted by Crippen LogP contribution is 2.19. The molecule has 13 heteroatoms. The molecule has 1 heterocycles. The van der Waals surface area contributed by atoms with Gasteiger partial charge in [-0.3, -0.25) is 24.0 Å². The zero-order chi connectivity index (χ0) is 25.3. The summed E-state index contributed by atoms with van der Waals surface area (Å²) >= 11 is 0. The molecule has 0 aromatic rings. The fourth-order valence-electron chi connectivity index (χ4n) is 3.56. The third kappa shape index (κ3) is 9.04. The van der Waals surface area contributed by atoms with Gasteiger partial charge in [-0.15, -0.1) is 0 Å². The van der Waals surface area contributed by atoms with Crippen molar-refractivity contribution >= 4 is 35.6 Å². The number of carboxylic acids is 3. The van der Waals surface area contributed by atoms with Crippen molar-refractivity contribution in [2.45, 2.75) is 76.5 Å². The number of rotatable bonds is 13. The van der Waals surface area contributed by atoms with Gasteiger partial charge in [0.05, 0.1) is 12.5 Å². The van der Waals surface area contributed by atoms with Crippen LogP contribution >= 0.6 is 0 Å². The Hall–Kier alpha value is -3.22. The van der Waals surface area contributed by atoms with Crippen molar-refractivity contribution in [2.24, 2.45) is 11.7 Å². The molecule has 1 aliphatic rings. The van der Waals surface area contributed by atoms with E-state index in [1.54, 1.807) is 13.8 Å². The van der Waals surface area contributed by atoms with Crippen LogP contribution in [0.1, 0.15) is 52.4 Å². The van der Waals surface area contributed by atoms with Crippen LogP contribution in [-0.4, -0.2) is 86.6 Å². The van der Waals surface area contributed by atoms with E-state index in [0.29, 0.717) is 12.8 Å². The highest BCUT2D eigenvalue weighted by molar-refractivity contribution is 5.95. The summed E-state index contributed by atoms with van der Waals surface area (Å²) in [4.78, 5) is 72.3. The Balaban J connectivity index is 2.91. The normalized spacial score (nSPS) is 18.3. The molecular formula is C20H32N4O9. The van der Waals surface area contributed by atoms with Gasteiger partial charge in [0, 0.05) is 13.0 Å². The molecule has 0 aromatic heterocycles. The fraction of sp³-hybridized carbons (Fsp3) is 0.700. The first-order chi connectivity index (χ1) is 15.3. The van der Waals surface area contributed by atoms with E-state index in [2.05, 4.69) is 10.6 Å². The molecule has 3 amide bonds. The van der Waals surface area contributed by atoms with Crippen LogP contribution in [0.4, 0.5) is 0 Å². The van der Waals surface area contributed by atoms with Gasteiger partial charge in [0.25, 0.3) is 0 Å². The Morgan fingerprint density at radius 2 is 1.64 bits per heavy atom. The van der Waals surface area contributed by atoms with Gasteiger partial charge in [0.1, 0.15) is 18.1 Å². The molecule has 1 rings (SSSR count). The molecule has 0 radical (unpaired) electrons. The minimum Gasteiger partial charge on any atom is -0.481 e. The third-order valence-corrected chi connectivity index (χ3v) is 5.15. The van der Waals surface area contributed by atoms with Crippen molar-refractivity contribution in [3.63, 3.8) is 0 Å². The van der Waals surface area contributed by atoms with Crippen LogP contribution in [0.25, 0.3) is 0 Å². The SMILES string of the molecule is CC(C)C[C@H](NC(=O)[C@@H]1CCCN1C(=O)[C@@H](N)CC(=O)O)C(=O)N[C@@H](CCC(=O)O)C(=O)O. The van der Waals surface area contributed by atoms with E-state index in [4.69, 9.17) is 15.9 Å². The predicted molar refractivity (Wildman–Crippen MR) is 113 cm³/mol. The number of hydrogen-bond donors (Lipinski definition) is 6. The van der Waals surface area contributed by atoms with Crippen molar-refractivity contribution in [2.75, 3.05) is 6.54 Å². The van der Waals surface area contributed by atoms with Gasteiger partial charge < -0.3 is 36.6 Å². The largest absolute Gasteiger partial charge is 0.481 e. The fourth-order valence-corrected chi connectivity index (χ4v) is 3.56. The molecule has 1 saturated heterocycles. The molecule has 0 spiro atoms. The lowest BCUT2D eigenvalue weighted by Crippen LogP contribution is -2.57. The highest BCUT2D eigenvalue weighted by Gasteiger charge is 2.38. The molecule has 0 saturated carbocycles. The van der Waals surface area contributed by atoms with Crippen LogP contribution in [-0.2, 0) is 28.8 Å². The molecule has 186 valence electrons. The van der Waals surface area contributed by atoms with Gasteiger partial charge in [0.15, 0.2) is 0 Å². The molecular weight excluding hydrogens is 440 g/mol. The first-order valence-electron chi connectivity index (χ1n) is 10.7. The Morgan fingerprint density at radius 3 is 2.15 bits per heavy atom. The predicted octanol–water partition coefficient (Wildman–Crippen LogP) is -1.26. The summed E-state index contributed by atoms with van der Waals surface area (Å²) in [6.45, 7) is 3.80. The summed E-state index contributed by atoms with van der Waals surface area (Å²) < 4.78 is 0. The lowest BCUT2D eigenvalue weighted by Gasteiger charge is -2.28. The summed E-state index contributed by atoms with van der Waals surface area (Å²) in [6.07, 6.45) is -0.430. The number of aliphatic carboxylic acids is 3. The lowest BCUT2D eigenvalue weighted by molar-refractivity contribution is -0.144. The molecule has 0 unspecified atom stereocenters. The zero-order valence-corrected chi connectivity index (χ0v) is 18.7. The molecule has 0 aliphatic carbocycles. The van der Waals surface area contributed by atoms with Crippen LogP contribution in [0, 0.1) is 5.92 Å². The van der Waals surface area contributed by atoms with E-state index in [1.807, 2.05) is 0 Å². The molecule has 1 aliphatic heterocycles. The second-order valence-electron chi connectivity index (χ2n) is 8.42. The van der Waals surface area contributed by atoms with Crippen molar-refractivity contribution in [3.8, 4) is 0 Å². The second-order valence-corrected chi connectivity index (χ2v) is 8.42. The first kappa shape index (κ1) is 27.8. The van der Waals surface area contributed by atoms with Crippen molar-refractivity contribution in [3.05, 3.63) is 0 Å². The maximum Gasteiger partial charge on any atom is 0.326 e. The summed E-state index contributed by atoms with van der Waals surface area (Å²) in [7, 11) is 0. The molecule has 7 N–H and O–H groups in total. The Morgan fingerprint density at radius 1 is 1.00 bits per heavy atom. The molecule has 0 aromatic carbocycles. The first-order valence-corrected chi connectivity index (χ1v) is 10.7. The van der Waals surface area contributed by atoms with E-state index in [9.17, 15) is 33.9 Å². The number of carboxylic acid groups (broad SMARTS) is 3. The van der Waals surface area contributed by atoms with Crippen LogP contribution in [0.5, 0.6) is 0 Å². The monoisotopic (exact) mass is 472 g/mol. The van der Waals surface area contributed by atoms with E-state index in [1.165, 1.54) is 4.90 Å². The van der Waals surface area contributed by atoms with Gasteiger partial charge in [-0.25, -0.2) is 4.79 Å². The maximum absolute atomic E-state index is 12.9. The maximum atomic E-state index is 12.9. The van der Waals surface area contributed by atoms with E-state index in [-0.39, 0.29) is 25.3 Å². The van der Waals surface area contributed by atoms with E-state index >= 15 is 0 Å². The summed E-state index contributed by atoms with van der Waals surface area (Å²) in [5.74, 6) is -6.03. The number of carbonyl (C=O) groups is 6. The molecule has 33 heavy (non-hydrogen) atoms. The Labute approximate surface area is 190 Å². The minimum atomic E-state index is -1.45. The average Bonchev–Trinajstić information content (AvgIpc) is 3.18. The number of nitrogens with two attached hydrogens (primary N) is 1. The molecule has 0 bridgehead atoms. The summed E-state index contributed by atoms with van der Waals surface area (Å²) in [5, 5.41) is 31.7. The topological polar surface area (TPSA) is 216 Å². The van der Waals surface area contributed by atoms with Gasteiger partial charge in [-0.1, -0.05) is 13.8 Å². The number of amides is 3. The number of nitrogens with one attached hydrogen (secondary N) is 2. The summed E-state index contributed by atoms with van der Waals surface area (Å²) in [6, 6.07) is -4.81. The van der Waals surface area contributed by atoms with Gasteiger partial charge in [0.2, 0.25) is 17.7 Å². The van der Waals surface area contributed by atoms with Crippen LogP contribution in [0.2, 0.25) is 0 Å². The smallest absolute Gasteiger partial charge is 0.326 e. The van der Waals surface area contributed by atoms with E-state index in [0.717, 1.165) is 0 Å². The van der Waals surface area contributed by atoms with Crippen molar-refractivity contribution in [1.82, 2.24) is 15.5 Å². The van der Waals surface area contributed by atoms with Crippen LogP contribution < -0.4 is 16.4 Å². The lowest BCUT2D eigenvalue weighted by atomic mass is 10.0. The molecule has 1 fully saturated rings. The standard InChI is InChI=1S/C20H32N4O9/c1-10(2)8-13(17(29)22-12(20(32)33)5-6-15(25)26)23-18(30)14-4-3-7-24(14)19(31)11(21)9-16(27)28/h10-14H,3-9,21H2,1-2H3,(H,22,29)(H,23,30)(H,25,26)(H,27,28)(H,32,33)/t11-,12-,13-,14-/m0/s1. The molecule has 13 nitrogen and oxygen atoms in total. The van der Waals surface area contributed by atoms with Gasteiger partial charge in [-0.05, 0) is 31.6 Å². The van der Waals surface area contributed by atoms with Gasteiger partial charge >= 0.3 is 17.9 Å². The average molecular weight is 472 g/mol. The zero-order valence-electron chi connectivity index (χ0n) is 18.7. The second kappa shape index (κ2) is 12.7. The number of nitrogens with zero attached hydrogens (tertiary/aromatic N) is 1. The van der Waals surface area contributed by atoms with Crippen molar-refractivity contribution < 1.29 is 44.1 Å². The third-order valence-electron chi connectivity index (χ3n) is 5.15. The van der Waals surface area contributed by atoms with Crippen LogP contribution in [0.3, 0.4) is 0 Å². The Kier molecular flexibility index (Phi) is 10.7. The number of hydrogen-bond acceptors (Lipinski definition) is 7. The van der Waals surface area contributed by atoms with Crippen LogP contribution in [0.15, 0.2) is 0 Å².